The Hall–Kier alpha value is -7.37. The molecule has 0 saturated heterocycles. The molecule has 2 aliphatic carbocycles. The minimum atomic E-state index is -0.414. The monoisotopic (exact) mass is 820 g/mol. The number of pyridine rings is 1. The van der Waals surface area contributed by atoms with Gasteiger partial charge in [0, 0.05) is 63.1 Å². The molecule has 0 fully saturated rings. The molecule has 0 saturated carbocycles. The molecule has 0 atom stereocenters. The van der Waals surface area contributed by atoms with Crippen LogP contribution in [0.4, 0.5) is 0 Å². The van der Waals surface area contributed by atoms with E-state index in [0.29, 0.717) is 0 Å². The van der Waals surface area contributed by atoms with Crippen molar-refractivity contribution in [3.63, 3.8) is 0 Å². The first kappa shape index (κ1) is 33.4. The summed E-state index contributed by atoms with van der Waals surface area (Å²) in [5, 5.41) is 10.2. The van der Waals surface area contributed by atoms with Crippen LogP contribution in [0.15, 0.2) is 194 Å². The second-order valence-corrected chi connectivity index (χ2v) is 19.0. The van der Waals surface area contributed by atoms with Gasteiger partial charge in [-0.3, -0.25) is 0 Å². The average Bonchev–Trinajstić information content (AvgIpc) is 4.12. The third-order valence-electron chi connectivity index (χ3n) is 14.0. The summed E-state index contributed by atoms with van der Waals surface area (Å²) in [4.78, 5) is 6.83. The lowest BCUT2D eigenvalue weighted by Crippen LogP contribution is -2.25. The number of hydrogen-bond acceptors (Lipinski definition) is 3. The van der Waals surface area contributed by atoms with Gasteiger partial charge in [0.05, 0.1) is 22.1 Å². The van der Waals surface area contributed by atoms with Gasteiger partial charge >= 0.3 is 0 Å². The van der Waals surface area contributed by atoms with Crippen molar-refractivity contribution in [3.05, 3.63) is 216 Å². The summed E-state index contributed by atoms with van der Waals surface area (Å²) in [6, 6.07) is 72.5. The van der Waals surface area contributed by atoms with Crippen molar-refractivity contribution in [1.82, 2.24) is 9.55 Å². The van der Waals surface area contributed by atoms with Gasteiger partial charge in [-0.15, -0.1) is 22.7 Å². The maximum atomic E-state index is 5.56. The molecule has 1 spiro atoms. The maximum absolute atomic E-state index is 5.56. The summed E-state index contributed by atoms with van der Waals surface area (Å²) in [6.07, 6.45) is 0. The quantitative estimate of drug-likeness (QED) is 0.159. The van der Waals surface area contributed by atoms with Crippen LogP contribution in [0.2, 0.25) is 0 Å². The van der Waals surface area contributed by atoms with Crippen LogP contribution in [0.1, 0.15) is 22.3 Å². The van der Waals surface area contributed by atoms with Crippen molar-refractivity contribution in [1.29, 1.82) is 0 Å². The maximum Gasteiger partial charge on any atom is 0.109 e. The number of fused-ring (bicyclic) bond motifs is 22. The van der Waals surface area contributed by atoms with Gasteiger partial charge in [-0.05, 0) is 98.4 Å². The van der Waals surface area contributed by atoms with Crippen molar-refractivity contribution in [2.24, 2.45) is 0 Å². The van der Waals surface area contributed by atoms with E-state index < -0.39 is 5.41 Å². The fourth-order valence-electron chi connectivity index (χ4n) is 11.6. The number of para-hydroxylation sites is 1. The van der Waals surface area contributed by atoms with Crippen molar-refractivity contribution < 1.29 is 0 Å². The molecule has 2 nitrogen and oxygen atoms in total. The SMILES string of the molecule is c1cc(-c2nc3ccccc3c3cc4c(cc23)-c2ccccc2C42c3ccccc3-c3ccccc32)cc(-n2c3ccc4c5ccccc5sc4c3c3c4ccccc4sc32)c1. The van der Waals surface area contributed by atoms with Gasteiger partial charge in [-0.25, -0.2) is 4.98 Å². The summed E-state index contributed by atoms with van der Waals surface area (Å²) in [5.41, 5.74) is 15.7. The fourth-order valence-corrected chi connectivity index (χ4v) is 14.0. The van der Waals surface area contributed by atoms with Gasteiger partial charge in [0.2, 0.25) is 0 Å². The highest BCUT2D eigenvalue weighted by molar-refractivity contribution is 7.28. The van der Waals surface area contributed by atoms with E-state index in [1.54, 1.807) is 0 Å². The largest absolute Gasteiger partial charge is 0.301 e. The van der Waals surface area contributed by atoms with Crippen molar-refractivity contribution in [2.75, 3.05) is 0 Å². The van der Waals surface area contributed by atoms with E-state index in [0.717, 1.165) is 22.5 Å². The highest BCUT2D eigenvalue weighted by Gasteiger charge is 2.51. The van der Waals surface area contributed by atoms with E-state index in [9.17, 15) is 0 Å². The molecule has 0 unspecified atom stereocenters. The van der Waals surface area contributed by atoms with Gasteiger partial charge in [0.1, 0.15) is 4.83 Å². The summed E-state index contributed by atoms with van der Waals surface area (Å²) >= 11 is 3.80. The zero-order valence-electron chi connectivity index (χ0n) is 33.2. The number of aromatic nitrogens is 2. The Labute approximate surface area is 364 Å². The van der Waals surface area contributed by atoms with E-state index in [4.69, 9.17) is 4.98 Å². The van der Waals surface area contributed by atoms with Crippen molar-refractivity contribution >= 4 is 95.7 Å². The Morgan fingerprint density at radius 3 is 1.79 bits per heavy atom. The van der Waals surface area contributed by atoms with Gasteiger partial charge in [0.25, 0.3) is 0 Å². The van der Waals surface area contributed by atoms with Gasteiger partial charge in [-0.2, -0.15) is 0 Å². The molecule has 0 aliphatic heterocycles. The van der Waals surface area contributed by atoms with Crippen LogP contribution in [-0.4, -0.2) is 9.55 Å². The lowest BCUT2D eigenvalue weighted by atomic mass is 9.70. The second kappa shape index (κ2) is 11.9. The fraction of sp³-hybridized carbons (Fsp3) is 0.0172. The molecule has 0 N–H and O–H groups in total. The second-order valence-electron chi connectivity index (χ2n) is 16.9. The standard InChI is InChI=1S/C58H32N2S2/c1-7-22-45-35(16-1)36-17-2-8-23-46(36)58(45)47-24-9-3-18-37(47)43-31-44-42(32-48(43)58)38-19-4-10-25-49(38)59-55(44)33-14-13-15-34(30-33)60-50-29-28-40-39-20-5-11-26-51(39)61-56(40)54(50)53-41-21-6-12-27-52(41)62-57(53)60/h1-32H. The molecule has 0 bridgehead atoms. The predicted octanol–water partition coefficient (Wildman–Crippen LogP) is 16.1. The molecule has 4 heterocycles. The average molecular weight is 821 g/mol. The minimum absolute atomic E-state index is 0.414. The Balaban J connectivity index is 1.02. The van der Waals surface area contributed by atoms with Crippen LogP contribution in [-0.2, 0) is 5.41 Å². The summed E-state index contributed by atoms with van der Waals surface area (Å²) < 4.78 is 6.50. The number of rotatable bonds is 2. The third-order valence-corrected chi connectivity index (χ3v) is 16.4. The zero-order chi connectivity index (χ0) is 40.3. The van der Waals surface area contributed by atoms with Gasteiger partial charge in [0.15, 0.2) is 0 Å². The number of benzene rings is 9. The first-order valence-corrected chi connectivity index (χ1v) is 22.9. The summed E-state index contributed by atoms with van der Waals surface area (Å²) in [7, 11) is 0. The highest BCUT2D eigenvalue weighted by Crippen LogP contribution is 2.63. The smallest absolute Gasteiger partial charge is 0.109 e. The molecule has 0 amide bonds. The molecule has 4 heteroatoms. The normalized spacial score (nSPS) is 13.6. The first-order valence-electron chi connectivity index (χ1n) is 21.3. The number of thiophene rings is 2. The zero-order valence-corrected chi connectivity index (χ0v) is 34.8. The van der Waals surface area contributed by atoms with Crippen molar-refractivity contribution in [3.8, 4) is 39.2 Å². The van der Waals surface area contributed by atoms with Crippen molar-refractivity contribution in [2.45, 2.75) is 5.41 Å². The molecule has 0 radical (unpaired) electrons. The van der Waals surface area contributed by atoms with Crippen LogP contribution >= 0.6 is 22.7 Å². The molecule has 286 valence electrons. The molecule has 4 aromatic heterocycles. The van der Waals surface area contributed by atoms with E-state index in [-0.39, 0.29) is 0 Å². The van der Waals surface area contributed by atoms with Crippen LogP contribution in [0.3, 0.4) is 0 Å². The third kappa shape index (κ3) is 4.07. The predicted molar refractivity (Wildman–Crippen MR) is 264 cm³/mol. The summed E-state index contributed by atoms with van der Waals surface area (Å²) in [6.45, 7) is 0. The lowest BCUT2D eigenvalue weighted by Gasteiger charge is -2.30. The highest BCUT2D eigenvalue weighted by atomic mass is 32.1. The lowest BCUT2D eigenvalue weighted by molar-refractivity contribution is 0.795. The number of hydrogen-bond donors (Lipinski definition) is 0. The van der Waals surface area contributed by atoms with Crippen LogP contribution in [0.25, 0.3) is 112 Å². The molecular formula is C58H32N2S2. The molecule has 15 rings (SSSR count). The minimum Gasteiger partial charge on any atom is -0.301 e. The van der Waals surface area contributed by atoms with E-state index in [2.05, 4.69) is 199 Å². The Kier molecular flexibility index (Phi) is 6.41. The first-order chi connectivity index (χ1) is 30.8. The molecular weight excluding hydrogens is 789 g/mol. The molecule has 13 aromatic rings. The van der Waals surface area contributed by atoms with E-state index in [1.807, 2.05) is 22.7 Å². The topological polar surface area (TPSA) is 17.8 Å². The molecule has 62 heavy (non-hydrogen) atoms. The molecule has 2 aliphatic rings. The van der Waals surface area contributed by atoms with Gasteiger partial charge < -0.3 is 4.57 Å². The van der Waals surface area contributed by atoms with Gasteiger partial charge in [-0.1, -0.05) is 146 Å². The van der Waals surface area contributed by atoms with Crippen LogP contribution in [0.5, 0.6) is 0 Å². The van der Waals surface area contributed by atoms with E-state index >= 15 is 0 Å². The Morgan fingerprint density at radius 1 is 0.403 bits per heavy atom. The van der Waals surface area contributed by atoms with E-state index in [1.165, 1.54) is 112 Å². The molecule has 9 aromatic carbocycles. The summed E-state index contributed by atoms with van der Waals surface area (Å²) in [5.74, 6) is 0. The van der Waals surface area contributed by atoms with Crippen LogP contribution < -0.4 is 0 Å². The van der Waals surface area contributed by atoms with Crippen LogP contribution in [0, 0.1) is 0 Å². The number of nitrogens with zero attached hydrogens (tertiary/aromatic N) is 2. The Morgan fingerprint density at radius 2 is 1.03 bits per heavy atom. The Bertz CT molecular complexity index is 4080.